The topological polar surface area (TPSA) is 20.3 Å². The maximum atomic E-state index is 13.6. The van der Waals surface area contributed by atoms with Crippen LogP contribution in [0.5, 0.6) is 0 Å². The zero-order valence-corrected chi connectivity index (χ0v) is 10.6. The molecule has 1 fully saturated rings. The molecule has 0 aromatic heterocycles. The van der Waals surface area contributed by atoms with Crippen LogP contribution in [-0.4, -0.2) is 23.9 Å². The minimum atomic E-state index is -0.967. The number of likely N-dealkylation sites (tertiary alicyclic amines) is 1. The SMILES string of the molecule is O=C(C(Cl)c1ccc(Cl)cc1F)N1CCCC1. The Kier molecular flexibility index (Phi) is 3.89. The molecule has 1 heterocycles. The van der Waals surface area contributed by atoms with Gasteiger partial charge in [-0.1, -0.05) is 17.7 Å². The third kappa shape index (κ3) is 2.72. The van der Waals surface area contributed by atoms with Crippen LogP contribution in [0, 0.1) is 5.82 Å². The highest BCUT2D eigenvalue weighted by atomic mass is 35.5. The Morgan fingerprint density at radius 3 is 2.59 bits per heavy atom. The molecule has 0 saturated carbocycles. The summed E-state index contributed by atoms with van der Waals surface area (Å²) in [7, 11) is 0. The van der Waals surface area contributed by atoms with Gasteiger partial charge < -0.3 is 4.90 Å². The van der Waals surface area contributed by atoms with Crippen LogP contribution in [0.1, 0.15) is 23.8 Å². The highest BCUT2D eigenvalue weighted by Gasteiger charge is 2.27. The van der Waals surface area contributed by atoms with Gasteiger partial charge in [0.15, 0.2) is 0 Å². The van der Waals surface area contributed by atoms with Gasteiger partial charge in [0.05, 0.1) is 0 Å². The zero-order chi connectivity index (χ0) is 12.4. The molecule has 17 heavy (non-hydrogen) atoms. The molecule has 1 aromatic carbocycles. The summed E-state index contributed by atoms with van der Waals surface area (Å²) in [5.41, 5.74) is 0.188. The van der Waals surface area contributed by atoms with Crippen molar-refractivity contribution in [2.75, 3.05) is 13.1 Å². The molecule has 1 aromatic rings. The molecule has 1 atom stereocenters. The number of rotatable bonds is 2. The van der Waals surface area contributed by atoms with Crippen LogP contribution in [0.2, 0.25) is 5.02 Å². The first-order chi connectivity index (χ1) is 8.09. The van der Waals surface area contributed by atoms with Gasteiger partial charge in [-0.05, 0) is 25.0 Å². The lowest BCUT2D eigenvalue weighted by Crippen LogP contribution is -2.30. The minimum absolute atomic E-state index is 0.188. The molecule has 5 heteroatoms. The van der Waals surface area contributed by atoms with Crippen molar-refractivity contribution in [3.8, 4) is 0 Å². The van der Waals surface area contributed by atoms with Crippen molar-refractivity contribution in [3.63, 3.8) is 0 Å². The maximum Gasteiger partial charge on any atom is 0.245 e. The number of amides is 1. The normalized spacial score (nSPS) is 17.2. The van der Waals surface area contributed by atoms with Gasteiger partial charge in [-0.25, -0.2) is 4.39 Å². The summed E-state index contributed by atoms with van der Waals surface area (Å²) in [6, 6.07) is 4.17. The van der Waals surface area contributed by atoms with E-state index in [4.69, 9.17) is 23.2 Å². The molecule has 1 amide bonds. The van der Waals surface area contributed by atoms with E-state index in [0.717, 1.165) is 12.8 Å². The second-order valence-electron chi connectivity index (χ2n) is 4.06. The predicted molar refractivity (Wildman–Crippen MR) is 65.8 cm³/mol. The summed E-state index contributed by atoms with van der Waals surface area (Å²) in [5.74, 6) is -0.768. The van der Waals surface area contributed by atoms with Crippen LogP contribution in [0.25, 0.3) is 0 Å². The number of halogens is 3. The summed E-state index contributed by atoms with van der Waals surface area (Å²) >= 11 is 11.7. The molecule has 1 aliphatic heterocycles. The second kappa shape index (κ2) is 5.23. The Bertz CT molecular complexity index is 433. The molecule has 2 rings (SSSR count). The van der Waals surface area contributed by atoms with E-state index < -0.39 is 11.2 Å². The van der Waals surface area contributed by atoms with E-state index in [1.54, 1.807) is 4.90 Å². The van der Waals surface area contributed by atoms with Gasteiger partial charge in [0.2, 0.25) is 5.91 Å². The minimum Gasteiger partial charge on any atom is -0.341 e. The molecule has 2 nitrogen and oxygen atoms in total. The number of carbonyl (C=O) groups excluding carboxylic acids is 1. The van der Waals surface area contributed by atoms with E-state index >= 15 is 0 Å². The van der Waals surface area contributed by atoms with Crippen molar-refractivity contribution < 1.29 is 9.18 Å². The number of benzene rings is 1. The van der Waals surface area contributed by atoms with E-state index in [0.29, 0.717) is 18.1 Å². The molecular formula is C12H12Cl2FNO. The van der Waals surface area contributed by atoms with Crippen LogP contribution in [0.15, 0.2) is 18.2 Å². The molecule has 0 N–H and O–H groups in total. The fraction of sp³-hybridized carbons (Fsp3) is 0.417. The lowest BCUT2D eigenvalue weighted by atomic mass is 10.1. The second-order valence-corrected chi connectivity index (χ2v) is 4.93. The molecule has 92 valence electrons. The fourth-order valence-corrected chi connectivity index (χ4v) is 2.41. The lowest BCUT2D eigenvalue weighted by molar-refractivity contribution is -0.129. The molecule has 1 unspecified atom stereocenters. The smallest absolute Gasteiger partial charge is 0.245 e. The molecule has 0 radical (unpaired) electrons. The Balaban J connectivity index is 2.18. The van der Waals surface area contributed by atoms with Gasteiger partial charge in [-0.3, -0.25) is 4.79 Å². The lowest BCUT2D eigenvalue weighted by Gasteiger charge is -2.19. The number of hydrogen-bond donors (Lipinski definition) is 0. The Hall–Kier alpha value is -0.800. The van der Waals surface area contributed by atoms with Gasteiger partial charge in [-0.15, -0.1) is 11.6 Å². The Labute approximate surface area is 109 Å². The third-order valence-electron chi connectivity index (χ3n) is 2.87. The van der Waals surface area contributed by atoms with E-state index in [9.17, 15) is 9.18 Å². The van der Waals surface area contributed by atoms with E-state index in [2.05, 4.69) is 0 Å². The predicted octanol–water partition coefficient (Wildman–Crippen LogP) is 3.38. The summed E-state index contributed by atoms with van der Waals surface area (Å²) in [6.07, 6.45) is 1.97. The van der Waals surface area contributed by atoms with Gasteiger partial charge in [-0.2, -0.15) is 0 Å². The van der Waals surface area contributed by atoms with E-state index in [-0.39, 0.29) is 11.5 Å². The maximum absolute atomic E-state index is 13.6. The highest BCUT2D eigenvalue weighted by Crippen LogP contribution is 2.28. The van der Waals surface area contributed by atoms with Gasteiger partial charge in [0.25, 0.3) is 0 Å². The average molecular weight is 276 g/mol. The molecule has 0 bridgehead atoms. The third-order valence-corrected chi connectivity index (χ3v) is 3.53. The van der Waals surface area contributed by atoms with Crippen LogP contribution in [-0.2, 0) is 4.79 Å². The molecule has 1 saturated heterocycles. The zero-order valence-electron chi connectivity index (χ0n) is 9.13. The first-order valence-electron chi connectivity index (χ1n) is 5.47. The number of nitrogens with zero attached hydrogens (tertiary/aromatic N) is 1. The van der Waals surface area contributed by atoms with Crippen molar-refractivity contribution in [1.82, 2.24) is 4.90 Å². The summed E-state index contributed by atoms with van der Waals surface area (Å²) in [6.45, 7) is 1.41. The van der Waals surface area contributed by atoms with Crippen LogP contribution in [0.4, 0.5) is 4.39 Å². The number of hydrogen-bond acceptors (Lipinski definition) is 1. The van der Waals surface area contributed by atoms with Crippen molar-refractivity contribution >= 4 is 29.1 Å². The summed E-state index contributed by atoms with van der Waals surface area (Å²) < 4.78 is 13.6. The van der Waals surface area contributed by atoms with Crippen LogP contribution < -0.4 is 0 Å². The highest BCUT2D eigenvalue weighted by molar-refractivity contribution is 6.31. The largest absolute Gasteiger partial charge is 0.341 e. The molecule has 0 aliphatic carbocycles. The summed E-state index contributed by atoms with van der Waals surface area (Å²) in [4.78, 5) is 13.6. The van der Waals surface area contributed by atoms with E-state index in [1.807, 2.05) is 0 Å². The first kappa shape index (κ1) is 12.7. The molecule has 0 spiro atoms. The van der Waals surface area contributed by atoms with E-state index in [1.165, 1.54) is 18.2 Å². The van der Waals surface area contributed by atoms with Crippen molar-refractivity contribution in [3.05, 3.63) is 34.6 Å². The van der Waals surface area contributed by atoms with Crippen molar-refractivity contribution in [1.29, 1.82) is 0 Å². The number of carbonyl (C=O) groups is 1. The van der Waals surface area contributed by atoms with Crippen LogP contribution >= 0.6 is 23.2 Å². The molecular weight excluding hydrogens is 264 g/mol. The van der Waals surface area contributed by atoms with Gasteiger partial charge >= 0.3 is 0 Å². The Morgan fingerprint density at radius 1 is 1.35 bits per heavy atom. The Morgan fingerprint density at radius 2 is 2.00 bits per heavy atom. The van der Waals surface area contributed by atoms with Crippen molar-refractivity contribution in [2.24, 2.45) is 0 Å². The number of alkyl halides is 1. The monoisotopic (exact) mass is 275 g/mol. The standard InChI is InChI=1S/C12H12Cl2FNO/c13-8-3-4-9(10(15)7-8)11(14)12(17)16-5-1-2-6-16/h3-4,7,11H,1-2,5-6H2. The fourth-order valence-electron chi connectivity index (χ4n) is 1.94. The first-order valence-corrected chi connectivity index (χ1v) is 6.29. The van der Waals surface area contributed by atoms with Gasteiger partial charge in [0, 0.05) is 23.7 Å². The summed E-state index contributed by atoms with van der Waals surface area (Å²) in [5, 5.41) is -0.672. The average Bonchev–Trinajstić information content (AvgIpc) is 2.80. The van der Waals surface area contributed by atoms with Gasteiger partial charge in [0.1, 0.15) is 11.2 Å². The quantitative estimate of drug-likeness (QED) is 0.758. The van der Waals surface area contributed by atoms with Crippen LogP contribution in [0.3, 0.4) is 0 Å². The van der Waals surface area contributed by atoms with Crippen molar-refractivity contribution in [2.45, 2.75) is 18.2 Å². The molecule has 1 aliphatic rings.